The van der Waals surface area contributed by atoms with Crippen molar-refractivity contribution in [3.8, 4) is 5.95 Å². The van der Waals surface area contributed by atoms with E-state index in [-0.39, 0.29) is 36.6 Å². The van der Waals surface area contributed by atoms with Gasteiger partial charge in [-0.25, -0.2) is 14.5 Å². The number of fused-ring (bicyclic) bond motifs is 1. The van der Waals surface area contributed by atoms with Crippen LogP contribution in [0.15, 0.2) is 23.4 Å². The van der Waals surface area contributed by atoms with Crippen molar-refractivity contribution in [2.45, 2.75) is 45.1 Å². The average Bonchev–Trinajstić information content (AvgIpc) is 3.29. The summed E-state index contributed by atoms with van der Waals surface area (Å²) in [6.45, 7) is 2.10. The van der Waals surface area contributed by atoms with Gasteiger partial charge in [0.1, 0.15) is 5.52 Å². The molecule has 0 unspecified atom stereocenters. The van der Waals surface area contributed by atoms with Gasteiger partial charge in [0.2, 0.25) is 5.95 Å². The summed E-state index contributed by atoms with van der Waals surface area (Å²) in [6.07, 6.45) is 10.1. The molecule has 0 aliphatic heterocycles. The summed E-state index contributed by atoms with van der Waals surface area (Å²) >= 11 is 0. The summed E-state index contributed by atoms with van der Waals surface area (Å²) in [7, 11) is 0. The molecule has 1 fully saturated rings. The zero-order valence-corrected chi connectivity index (χ0v) is 15.9. The molecule has 1 aliphatic rings. The number of hydrogen-bond acceptors (Lipinski definition) is 5. The molecular formula is C17H22N6O3S. The number of carboxylic acids is 1. The van der Waals surface area contributed by atoms with Crippen molar-refractivity contribution in [2.24, 2.45) is 5.92 Å². The fourth-order valence-corrected chi connectivity index (χ4v) is 3.74. The average molecular weight is 390 g/mol. The molecule has 2 N–H and O–H groups in total. The monoisotopic (exact) mass is 390 g/mol. The van der Waals surface area contributed by atoms with Crippen LogP contribution in [0.3, 0.4) is 0 Å². The summed E-state index contributed by atoms with van der Waals surface area (Å²) in [6, 6.07) is 0.130. The van der Waals surface area contributed by atoms with Crippen molar-refractivity contribution in [2.75, 3.05) is 0 Å². The second kappa shape index (κ2) is 7.55. The van der Waals surface area contributed by atoms with Gasteiger partial charge in [-0.2, -0.15) is 23.7 Å². The Labute approximate surface area is 161 Å². The van der Waals surface area contributed by atoms with Gasteiger partial charge >= 0.3 is 5.97 Å². The van der Waals surface area contributed by atoms with Crippen molar-refractivity contribution in [3.63, 3.8) is 0 Å². The number of hydrogen-bond donors (Lipinski definition) is 2. The molecule has 4 rings (SSSR count). The van der Waals surface area contributed by atoms with Crippen LogP contribution in [0.4, 0.5) is 0 Å². The number of nitrogens with zero attached hydrogens (tertiary/aromatic N) is 5. The normalized spacial score (nSPS) is 16.2. The highest BCUT2D eigenvalue weighted by Gasteiger charge is 2.24. The molecule has 0 saturated heterocycles. The minimum Gasteiger partial charge on any atom is -0.478 e. The van der Waals surface area contributed by atoms with Gasteiger partial charge in [-0.15, -0.1) is 0 Å². The number of H-pyrrole nitrogens is 1. The summed E-state index contributed by atoms with van der Waals surface area (Å²) < 4.78 is 3.01. The van der Waals surface area contributed by atoms with Crippen molar-refractivity contribution in [3.05, 3.63) is 34.5 Å². The summed E-state index contributed by atoms with van der Waals surface area (Å²) in [5, 5.41) is 17.4. The first-order valence-corrected chi connectivity index (χ1v) is 8.80. The van der Waals surface area contributed by atoms with E-state index in [0.717, 1.165) is 12.8 Å². The topological polar surface area (TPSA) is 119 Å². The molecule has 1 aliphatic carbocycles. The Bertz CT molecular complexity index is 1020. The first kappa shape index (κ1) is 19.2. The smallest absolute Gasteiger partial charge is 0.338 e. The number of carbonyl (C=O) groups is 1. The molecule has 3 heterocycles. The lowest BCUT2D eigenvalue weighted by Gasteiger charge is -2.28. The Hall–Kier alpha value is -2.62. The quantitative estimate of drug-likeness (QED) is 0.705. The fraction of sp³-hybridized carbons (Fsp3) is 0.471. The van der Waals surface area contributed by atoms with Gasteiger partial charge in [-0.1, -0.05) is 19.3 Å². The highest BCUT2D eigenvalue weighted by atomic mass is 32.1. The number of nitrogens with one attached hydrogen (secondary N) is 1. The number of rotatable bonds is 4. The largest absolute Gasteiger partial charge is 0.478 e. The molecule has 1 saturated carbocycles. The maximum absolute atomic E-state index is 12.7. The molecule has 9 nitrogen and oxygen atoms in total. The van der Waals surface area contributed by atoms with Crippen LogP contribution in [0.5, 0.6) is 0 Å². The molecule has 0 radical (unpaired) electrons. The van der Waals surface area contributed by atoms with Crippen molar-refractivity contribution >= 4 is 30.5 Å². The van der Waals surface area contributed by atoms with Gasteiger partial charge in [0, 0.05) is 6.20 Å². The third-order valence-electron chi connectivity index (χ3n) is 5.21. The molecule has 27 heavy (non-hydrogen) atoms. The minimum atomic E-state index is -1.09. The predicted molar refractivity (Wildman–Crippen MR) is 104 cm³/mol. The van der Waals surface area contributed by atoms with E-state index in [9.17, 15) is 9.59 Å². The predicted octanol–water partition coefficient (Wildman–Crippen LogP) is 2.26. The first-order valence-electron chi connectivity index (χ1n) is 8.80. The molecular weight excluding hydrogens is 368 g/mol. The Morgan fingerprint density at radius 1 is 1.26 bits per heavy atom. The molecule has 0 bridgehead atoms. The first-order chi connectivity index (χ1) is 12.5. The Balaban J connectivity index is 0.00000210. The van der Waals surface area contributed by atoms with Crippen LogP contribution in [0.25, 0.3) is 17.0 Å². The SMILES string of the molecule is C[C@@H](C1CCCCC1)n1ncc2nc(-n3cc(C(=O)O)cn3)[nH]c(=O)c21.S. The second-order valence-corrected chi connectivity index (χ2v) is 6.83. The van der Waals surface area contributed by atoms with E-state index in [0.29, 0.717) is 17.0 Å². The van der Waals surface area contributed by atoms with Gasteiger partial charge in [0.25, 0.3) is 5.56 Å². The maximum atomic E-state index is 12.7. The van der Waals surface area contributed by atoms with E-state index in [4.69, 9.17) is 5.11 Å². The Morgan fingerprint density at radius 3 is 2.67 bits per heavy atom. The highest BCUT2D eigenvalue weighted by molar-refractivity contribution is 7.59. The lowest BCUT2D eigenvalue weighted by Crippen LogP contribution is -2.23. The van der Waals surface area contributed by atoms with E-state index < -0.39 is 5.97 Å². The molecule has 144 valence electrons. The zero-order valence-electron chi connectivity index (χ0n) is 14.9. The second-order valence-electron chi connectivity index (χ2n) is 6.83. The molecule has 10 heteroatoms. The van der Waals surface area contributed by atoms with E-state index in [1.807, 2.05) is 0 Å². The molecule has 0 amide bonds. The van der Waals surface area contributed by atoms with Crippen LogP contribution in [-0.2, 0) is 0 Å². The van der Waals surface area contributed by atoms with Crippen molar-refractivity contribution in [1.29, 1.82) is 0 Å². The fourth-order valence-electron chi connectivity index (χ4n) is 3.74. The summed E-state index contributed by atoms with van der Waals surface area (Å²) in [4.78, 5) is 30.7. The van der Waals surface area contributed by atoms with Gasteiger partial charge in [0.15, 0.2) is 5.52 Å². The molecule has 0 aromatic carbocycles. The maximum Gasteiger partial charge on any atom is 0.338 e. The third kappa shape index (κ3) is 3.48. The van der Waals surface area contributed by atoms with Gasteiger partial charge < -0.3 is 5.11 Å². The van der Waals surface area contributed by atoms with Crippen LogP contribution < -0.4 is 5.56 Å². The Morgan fingerprint density at radius 2 is 2.00 bits per heavy atom. The van der Waals surface area contributed by atoms with Crippen LogP contribution >= 0.6 is 13.5 Å². The van der Waals surface area contributed by atoms with Crippen LogP contribution in [0, 0.1) is 5.92 Å². The number of aromatic amines is 1. The standard InChI is InChI=1S/C17H20N6O3.H2S/c1-10(11-5-3-2-4-6-11)23-14-13(8-19-23)20-17(21-15(14)24)22-9-12(7-18-22)16(25)26;/h7-11H,2-6H2,1H3,(H,25,26)(H,20,21,24);1H2/t10-;/m0./s1. The van der Waals surface area contributed by atoms with Gasteiger partial charge in [-0.3, -0.25) is 14.5 Å². The van der Waals surface area contributed by atoms with E-state index >= 15 is 0 Å². The number of carboxylic acid groups (broad SMARTS) is 1. The molecule has 3 aromatic heterocycles. The molecule has 3 aromatic rings. The molecule has 0 spiro atoms. The summed E-state index contributed by atoms with van der Waals surface area (Å²) in [5.41, 5.74) is 0.628. The molecule has 1 atom stereocenters. The van der Waals surface area contributed by atoms with E-state index in [2.05, 4.69) is 27.1 Å². The van der Waals surface area contributed by atoms with E-state index in [1.165, 1.54) is 36.3 Å². The number of aromatic nitrogens is 6. The van der Waals surface area contributed by atoms with Crippen LogP contribution in [-0.4, -0.2) is 40.6 Å². The van der Waals surface area contributed by atoms with Crippen LogP contribution in [0.2, 0.25) is 0 Å². The third-order valence-corrected chi connectivity index (χ3v) is 5.21. The zero-order chi connectivity index (χ0) is 18.3. The van der Waals surface area contributed by atoms with Gasteiger partial charge in [0.05, 0.1) is 24.0 Å². The van der Waals surface area contributed by atoms with Gasteiger partial charge in [-0.05, 0) is 25.7 Å². The highest BCUT2D eigenvalue weighted by Crippen LogP contribution is 2.33. The minimum absolute atomic E-state index is 0. The lowest BCUT2D eigenvalue weighted by molar-refractivity contribution is 0.0697. The van der Waals surface area contributed by atoms with Crippen LogP contribution in [0.1, 0.15) is 55.4 Å². The number of aromatic carboxylic acids is 1. The van der Waals surface area contributed by atoms with Crippen molar-refractivity contribution in [1.82, 2.24) is 29.5 Å². The van der Waals surface area contributed by atoms with Crippen molar-refractivity contribution < 1.29 is 9.90 Å². The Kier molecular flexibility index (Phi) is 5.36. The lowest BCUT2D eigenvalue weighted by atomic mass is 9.84. The summed E-state index contributed by atoms with van der Waals surface area (Å²) in [5.74, 6) is -0.413. The van der Waals surface area contributed by atoms with E-state index in [1.54, 1.807) is 10.9 Å².